The Hall–Kier alpha value is -3.30. The maximum absolute atomic E-state index is 14.3. The Labute approximate surface area is 175 Å². The topological polar surface area (TPSA) is 103 Å². The highest BCUT2D eigenvalue weighted by molar-refractivity contribution is 6.33. The summed E-state index contributed by atoms with van der Waals surface area (Å²) in [7, 11) is 0. The SMILES string of the molecule is O[C@@H]1CCN(c2cc(Nc3nccc4nc(-c5c(F)cccc5Cl)[nH]c34)ncn2)C1. The highest BCUT2D eigenvalue weighted by Gasteiger charge is 2.22. The number of pyridine rings is 1. The second kappa shape index (κ2) is 7.51. The van der Waals surface area contributed by atoms with E-state index in [0.29, 0.717) is 41.5 Å². The molecule has 10 heteroatoms. The number of imidazole rings is 1. The molecule has 152 valence electrons. The second-order valence-corrected chi connectivity index (χ2v) is 7.42. The van der Waals surface area contributed by atoms with Gasteiger partial charge in [-0.3, -0.25) is 0 Å². The summed E-state index contributed by atoms with van der Waals surface area (Å²) in [5.74, 6) is 1.61. The summed E-state index contributed by atoms with van der Waals surface area (Å²) in [6.45, 7) is 1.27. The fraction of sp³-hybridized carbons (Fsp3) is 0.200. The lowest BCUT2D eigenvalue weighted by Crippen LogP contribution is -2.22. The third-order valence-corrected chi connectivity index (χ3v) is 5.31. The average Bonchev–Trinajstić information content (AvgIpc) is 3.35. The van der Waals surface area contributed by atoms with E-state index in [4.69, 9.17) is 11.6 Å². The molecule has 1 aromatic carbocycles. The van der Waals surface area contributed by atoms with E-state index in [-0.39, 0.29) is 16.7 Å². The lowest BCUT2D eigenvalue weighted by atomic mass is 10.2. The third kappa shape index (κ3) is 3.42. The predicted molar refractivity (Wildman–Crippen MR) is 112 cm³/mol. The molecule has 8 nitrogen and oxygen atoms in total. The summed E-state index contributed by atoms with van der Waals surface area (Å²) in [6.07, 6.45) is 3.43. The molecule has 0 radical (unpaired) electrons. The molecule has 1 fully saturated rings. The summed E-state index contributed by atoms with van der Waals surface area (Å²) in [6, 6.07) is 8.02. The summed E-state index contributed by atoms with van der Waals surface area (Å²) in [5.41, 5.74) is 1.42. The minimum atomic E-state index is -0.461. The van der Waals surface area contributed by atoms with Gasteiger partial charge in [-0.15, -0.1) is 0 Å². The highest BCUT2D eigenvalue weighted by Crippen LogP contribution is 2.32. The van der Waals surface area contributed by atoms with E-state index in [1.165, 1.54) is 12.4 Å². The zero-order chi connectivity index (χ0) is 20.7. The van der Waals surface area contributed by atoms with Gasteiger partial charge in [-0.05, 0) is 24.6 Å². The maximum atomic E-state index is 14.3. The van der Waals surface area contributed by atoms with E-state index in [2.05, 4.69) is 30.2 Å². The molecule has 0 aliphatic carbocycles. The van der Waals surface area contributed by atoms with Crippen LogP contribution in [0, 0.1) is 5.82 Å². The van der Waals surface area contributed by atoms with Gasteiger partial charge in [-0.25, -0.2) is 24.3 Å². The van der Waals surface area contributed by atoms with E-state index in [1.807, 2.05) is 4.90 Å². The van der Waals surface area contributed by atoms with E-state index >= 15 is 0 Å². The van der Waals surface area contributed by atoms with Crippen LogP contribution in [-0.4, -0.2) is 49.2 Å². The number of aliphatic hydroxyl groups is 1. The number of rotatable bonds is 4. The molecule has 0 amide bonds. The first-order valence-corrected chi connectivity index (χ1v) is 9.77. The Morgan fingerprint density at radius 1 is 1.23 bits per heavy atom. The van der Waals surface area contributed by atoms with Gasteiger partial charge in [0.2, 0.25) is 0 Å². The van der Waals surface area contributed by atoms with Crippen LogP contribution < -0.4 is 10.2 Å². The van der Waals surface area contributed by atoms with Crippen LogP contribution in [0.15, 0.2) is 42.9 Å². The number of hydrogen-bond donors (Lipinski definition) is 3. The normalized spacial score (nSPS) is 16.4. The van der Waals surface area contributed by atoms with Crippen molar-refractivity contribution in [2.45, 2.75) is 12.5 Å². The Bertz CT molecular complexity index is 1210. The Kier molecular flexibility index (Phi) is 4.68. The number of halogens is 2. The molecule has 0 saturated carbocycles. The van der Waals surface area contributed by atoms with Crippen molar-refractivity contribution in [3.05, 3.63) is 53.7 Å². The van der Waals surface area contributed by atoms with Crippen LogP contribution in [0.4, 0.5) is 21.8 Å². The van der Waals surface area contributed by atoms with Gasteiger partial charge in [0.05, 0.1) is 22.2 Å². The number of hydrogen-bond acceptors (Lipinski definition) is 7. The number of anilines is 3. The molecule has 3 aromatic heterocycles. The third-order valence-electron chi connectivity index (χ3n) is 4.99. The van der Waals surface area contributed by atoms with Crippen LogP contribution in [0.2, 0.25) is 5.02 Å². The Morgan fingerprint density at radius 2 is 2.13 bits per heavy atom. The molecule has 0 spiro atoms. The molecule has 3 N–H and O–H groups in total. The van der Waals surface area contributed by atoms with E-state index in [1.54, 1.807) is 30.5 Å². The number of benzene rings is 1. The summed E-state index contributed by atoms with van der Waals surface area (Å²) >= 11 is 6.18. The van der Waals surface area contributed by atoms with Crippen molar-refractivity contribution in [1.29, 1.82) is 0 Å². The fourth-order valence-corrected chi connectivity index (χ4v) is 3.78. The number of β-amino-alcohol motifs (C(OH)–C–C–N with tert-alkyl or cyclic N) is 1. The maximum Gasteiger partial charge on any atom is 0.157 e. The summed E-state index contributed by atoms with van der Waals surface area (Å²) < 4.78 is 14.3. The Balaban J connectivity index is 1.49. The van der Waals surface area contributed by atoms with Crippen LogP contribution >= 0.6 is 11.6 Å². The van der Waals surface area contributed by atoms with E-state index in [9.17, 15) is 9.50 Å². The van der Waals surface area contributed by atoms with Gasteiger partial charge < -0.3 is 20.3 Å². The molecule has 1 saturated heterocycles. The van der Waals surface area contributed by atoms with Crippen molar-refractivity contribution in [3.8, 4) is 11.4 Å². The summed E-state index contributed by atoms with van der Waals surface area (Å²) in [4.78, 5) is 22.5. The Morgan fingerprint density at radius 3 is 2.93 bits per heavy atom. The lowest BCUT2D eigenvalue weighted by molar-refractivity contribution is 0.198. The zero-order valence-corrected chi connectivity index (χ0v) is 16.4. The highest BCUT2D eigenvalue weighted by atomic mass is 35.5. The average molecular weight is 426 g/mol. The molecule has 4 aromatic rings. The number of aliphatic hydroxyl groups excluding tert-OH is 1. The van der Waals surface area contributed by atoms with Crippen molar-refractivity contribution in [2.24, 2.45) is 0 Å². The van der Waals surface area contributed by atoms with Crippen molar-refractivity contribution in [3.63, 3.8) is 0 Å². The minimum absolute atomic E-state index is 0.207. The number of nitrogens with one attached hydrogen (secondary N) is 2. The van der Waals surface area contributed by atoms with Crippen molar-refractivity contribution >= 4 is 40.1 Å². The largest absolute Gasteiger partial charge is 0.391 e. The number of nitrogens with zero attached hydrogens (tertiary/aromatic N) is 5. The first-order valence-electron chi connectivity index (χ1n) is 9.39. The van der Waals surface area contributed by atoms with Gasteiger partial charge in [-0.2, -0.15) is 0 Å². The lowest BCUT2D eigenvalue weighted by Gasteiger charge is -2.17. The number of aromatic nitrogens is 5. The molecule has 1 atom stereocenters. The number of aromatic amines is 1. The van der Waals surface area contributed by atoms with Gasteiger partial charge in [0.1, 0.15) is 35.1 Å². The molecule has 0 bridgehead atoms. The minimum Gasteiger partial charge on any atom is -0.391 e. The smallest absolute Gasteiger partial charge is 0.157 e. The van der Waals surface area contributed by atoms with E-state index < -0.39 is 5.82 Å². The van der Waals surface area contributed by atoms with Crippen molar-refractivity contribution in [2.75, 3.05) is 23.3 Å². The molecule has 1 aliphatic heterocycles. The number of H-pyrrole nitrogens is 1. The molecule has 1 aliphatic rings. The molecular weight excluding hydrogens is 409 g/mol. The van der Waals surface area contributed by atoms with Gasteiger partial charge in [-0.1, -0.05) is 17.7 Å². The first-order chi connectivity index (χ1) is 14.6. The fourth-order valence-electron chi connectivity index (χ4n) is 3.53. The van der Waals surface area contributed by atoms with Crippen LogP contribution in [0.5, 0.6) is 0 Å². The van der Waals surface area contributed by atoms with Gasteiger partial charge in [0.25, 0.3) is 0 Å². The van der Waals surface area contributed by atoms with Crippen LogP contribution in [0.25, 0.3) is 22.4 Å². The van der Waals surface area contributed by atoms with Gasteiger partial charge in [0, 0.05) is 25.4 Å². The number of fused-ring (bicyclic) bond motifs is 1. The van der Waals surface area contributed by atoms with Crippen LogP contribution in [-0.2, 0) is 0 Å². The van der Waals surface area contributed by atoms with E-state index in [0.717, 1.165) is 12.4 Å². The standard InChI is InChI=1S/C20H17ClFN7O/c21-12-2-1-3-13(22)17(12)19-26-14-4-6-23-20(18(14)28-19)27-15-8-16(25-10-24-15)29-7-5-11(30)9-29/h1-4,6,8,10-11,30H,5,7,9H2,(H,26,28)(H,23,24,25,27)/t11-/m1/s1. The second-order valence-electron chi connectivity index (χ2n) is 7.01. The van der Waals surface area contributed by atoms with Crippen molar-refractivity contribution in [1.82, 2.24) is 24.9 Å². The predicted octanol–water partition coefficient (Wildman–Crippen LogP) is 3.52. The first kappa shape index (κ1) is 18.7. The molecule has 4 heterocycles. The van der Waals surface area contributed by atoms with Gasteiger partial charge >= 0.3 is 0 Å². The van der Waals surface area contributed by atoms with Crippen LogP contribution in [0.3, 0.4) is 0 Å². The van der Waals surface area contributed by atoms with Gasteiger partial charge in [0.15, 0.2) is 5.82 Å². The molecule has 5 rings (SSSR count). The quantitative estimate of drug-likeness (QED) is 0.459. The monoisotopic (exact) mass is 425 g/mol. The molecule has 0 unspecified atom stereocenters. The zero-order valence-electron chi connectivity index (χ0n) is 15.7. The van der Waals surface area contributed by atoms with Crippen LogP contribution in [0.1, 0.15) is 6.42 Å². The van der Waals surface area contributed by atoms with Crippen molar-refractivity contribution < 1.29 is 9.50 Å². The molecular formula is C20H17ClFN7O. The molecule has 30 heavy (non-hydrogen) atoms. The summed E-state index contributed by atoms with van der Waals surface area (Å²) in [5, 5.41) is 13.2.